The topological polar surface area (TPSA) is 29.3 Å². The van der Waals surface area contributed by atoms with Gasteiger partial charge in [-0.15, -0.1) is 0 Å². The Hall–Kier alpha value is -0.510. The van der Waals surface area contributed by atoms with Crippen LogP contribution in [-0.4, -0.2) is 35.5 Å². The van der Waals surface area contributed by atoms with E-state index in [1.807, 2.05) is 0 Å². The minimum Gasteiger partial charge on any atom is -0.323 e. The van der Waals surface area contributed by atoms with E-state index in [1.54, 1.807) is 0 Å². The first kappa shape index (κ1) is 12.9. The van der Waals surface area contributed by atoms with Gasteiger partial charge in [-0.3, -0.25) is 4.90 Å². The van der Waals surface area contributed by atoms with Crippen LogP contribution < -0.4 is 5.73 Å². The van der Waals surface area contributed by atoms with Crippen LogP contribution in [0.3, 0.4) is 0 Å². The Morgan fingerprint density at radius 3 is 2.76 bits per heavy atom. The molecule has 0 bridgehead atoms. The molecule has 0 aliphatic carbocycles. The number of aryl methyl sites for hydroxylation is 1. The highest BCUT2D eigenvalue weighted by Gasteiger charge is 2.19. The Bertz CT molecular complexity index is 350. The van der Waals surface area contributed by atoms with Crippen molar-refractivity contribution in [3.8, 4) is 0 Å². The highest BCUT2D eigenvalue weighted by Crippen LogP contribution is 2.20. The van der Waals surface area contributed by atoms with Crippen LogP contribution in [0.25, 0.3) is 0 Å². The Kier molecular flexibility index (Phi) is 4.48. The summed E-state index contributed by atoms with van der Waals surface area (Å²) in [7, 11) is 0. The van der Waals surface area contributed by atoms with E-state index < -0.39 is 0 Å². The van der Waals surface area contributed by atoms with E-state index in [4.69, 9.17) is 5.73 Å². The number of hydrogen-bond donors (Lipinski definition) is 1. The number of nitrogens with two attached hydrogens (primary N) is 1. The summed E-state index contributed by atoms with van der Waals surface area (Å²) in [5.41, 5.74) is 8.82. The highest BCUT2D eigenvalue weighted by molar-refractivity contribution is 7.99. The summed E-state index contributed by atoms with van der Waals surface area (Å²) in [6, 6.07) is 8.74. The van der Waals surface area contributed by atoms with Crippen molar-refractivity contribution < 1.29 is 0 Å². The van der Waals surface area contributed by atoms with Crippen LogP contribution in [0.1, 0.15) is 24.1 Å². The Morgan fingerprint density at radius 1 is 1.41 bits per heavy atom. The van der Waals surface area contributed by atoms with Crippen LogP contribution in [-0.2, 0) is 0 Å². The normalized spacial score (nSPS) is 23.6. The monoisotopic (exact) mass is 250 g/mol. The zero-order chi connectivity index (χ0) is 12.3. The van der Waals surface area contributed by atoms with E-state index in [2.05, 4.69) is 54.8 Å². The van der Waals surface area contributed by atoms with Gasteiger partial charge in [0, 0.05) is 36.7 Å². The molecule has 1 aliphatic rings. The lowest BCUT2D eigenvalue weighted by Crippen LogP contribution is -2.40. The lowest BCUT2D eigenvalue weighted by atomic mass is 10.1. The second kappa shape index (κ2) is 5.89. The maximum Gasteiger partial charge on any atom is 0.0424 e. The molecule has 0 radical (unpaired) electrons. The van der Waals surface area contributed by atoms with Crippen molar-refractivity contribution in [1.29, 1.82) is 0 Å². The number of hydrogen-bond acceptors (Lipinski definition) is 3. The third kappa shape index (κ3) is 3.73. The molecular formula is C14H22N2S. The smallest absolute Gasteiger partial charge is 0.0424 e. The first-order valence-electron chi connectivity index (χ1n) is 6.31. The van der Waals surface area contributed by atoms with Crippen LogP contribution in [0, 0.1) is 6.92 Å². The van der Waals surface area contributed by atoms with E-state index in [-0.39, 0.29) is 6.04 Å². The predicted molar refractivity (Wildman–Crippen MR) is 76.5 cm³/mol. The second-order valence-electron chi connectivity index (χ2n) is 4.96. The molecule has 1 aromatic carbocycles. The molecule has 1 aliphatic heterocycles. The molecular weight excluding hydrogens is 228 g/mol. The van der Waals surface area contributed by atoms with Crippen molar-refractivity contribution in [2.45, 2.75) is 25.1 Å². The molecule has 0 aromatic heterocycles. The van der Waals surface area contributed by atoms with Gasteiger partial charge in [0.05, 0.1) is 0 Å². The molecule has 17 heavy (non-hydrogen) atoms. The van der Waals surface area contributed by atoms with Crippen LogP contribution in [0.2, 0.25) is 0 Å². The van der Waals surface area contributed by atoms with Gasteiger partial charge in [-0.1, -0.05) is 36.8 Å². The quantitative estimate of drug-likeness (QED) is 0.893. The largest absolute Gasteiger partial charge is 0.323 e. The lowest BCUT2D eigenvalue weighted by Gasteiger charge is -2.32. The summed E-state index contributed by atoms with van der Waals surface area (Å²) < 4.78 is 0. The molecule has 1 saturated heterocycles. The molecule has 94 valence electrons. The maximum atomic E-state index is 6.27. The van der Waals surface area contributed by atoms with E-state index in [9.17, 15) is 0 Å². The zero-order valence-corrected chi connectivity index (χ0v) is 11.5. The SMILES string of the molecule is Cc1ccc(C(N)CN2CCSC(C)C2)cc1. The third-order valence-electron chi connectivity index (χ3n) is 3.29. The van der Waals surface area contributed by atoms with Crippen LogP contribution in [0.4, 0.5) is 0 Å². The summed E-state index contributed by atoms with van der Waals surface area (Å²) in [4.78, 5) is 2.49. The van der Waals surface area contributed by atoms with E-state index in [1.165, 1.54) is 30.0 Å². The lowest BCUT2D eigenvalue weighted by molar-refractivity contribution is 0.269. The molecule has 2 atom stereocenters. The molecule has 1 fully saturated rings. The van der Waals surface area contributed by atoms with Gasteiger partial charge >= 0.3 is 0 Å². The van der Waals surface area contributed by atoms with Crippen LogP contribution in [0.15, 0.2) is 24.3 Å². The zero-order valence-electron chi connectivity index (χ0n) is 10.7. The second-order valence-corrected chi connectivity index (χ2v) is 6.50. The molecule has 2 rings (SSSR count). The fourth-order valence-corrected chi connectivity index (χ4v) is 3.34. The molecule has 1 aromatic rings. The summed E-state index contributed by atoms with van der Waals surface area (Å²) >= 11 is 2.06. The van der Waals surface area contributed by atoms with Gasteiger partial charge in [0.25, 0.3) is 0 Å². The molecule has 2 unspecified atom stereocenters. The molecule has 1 heterocycles. The summed E-state index contributed by atoms with van der Waals surface area (Å²) in [6.45, 7) is 7.74. The minimum atomic E-state index is 0.144. The standard InChI is InChI=1S/C14H22N2S/c1-11-3-5-13(6-4-11)14(15)10-16-7-8-17-12(2)9-16/h3-6,12,14H,7-10,15H2,1-2H3. The van der Waals surface area contributed by atoms with Gasteiger partial charge in [0.1, 0.15) is 0 Å². The molecule has 0 saturated carbocycles. The average molecular weight is 250 g/mol. The highest BCUT2D eigenvalue weighted by atomic mass is 32.2. The Balaban J connectivity index is 1.91. The van der Waals surface area contributed by atoms with Gasteiger partial charge in [-0.2, -0.15) is 11.8 Å². The van der Waals surface area contributed by atoms with E-state index >= 15 is 0 Å². The van der Waals surface area contributed by atoms with Gasteiger partial charge in [-0.05, 0) is 12.5 Å². The first-order valence-corrected chi connectivity index (χ1v) is 7.36. The van der Waals surface area contributed by atoms with Gasteiger partial charge in [0.15, 0.2) is 0 Å². The molecule has 0 spiro atoms. The summed E-state index contributed by atoms with van der Waals surface area (Å²) in [6.07, 6.45) is 0. The van der Waals surface area contributed by atoms with Crippen LogP contribution in [0.5, 0.6) is 0 Å². The van der Waals surface area contributed by atoms with Crippen molar-refractivity contribution >= 4 is 11.8 Å². The van der Waals surface area contributed by atoms with Gasteiger partial charge in [0.2, 0.25) is 0 Å². The molecule has 0 amide bonds. The van der Waals surface area contributed by atoms with Gasteiger partial charge < -0.3 is 5.73 Å². The van der Waals surface area contributed by atoms with E-state index in [0.717, 1.165) is 11.8 Å². The van der Waals surface area contributed by atoms with Crippen LogP contribution >= 0.6 is 11.8 Å². The van der Waals surface area contributed by atoms with Crippen molar-refractivity contribution in [3.05, 3.63) is 35.4 Å². The minimum absolute atomic E-state index is 0.144. The number of rotatable bonds is 3. The Morgan fingerprint density at radius 2 is 2.12 bits per heavy atom. The summed E-state index contributed by atoms with van der Waals surface area (Å²) in [5, 5.41) is 0.744. The fourth-order valence-electron chi connectivity index (χ4n) is 2.25. The number of benzene rings is 1. The number of nitrogens with zero attached hydrogens (tertiary/aromatic N) is 1. The molecule has 2 nitrogen and oxygen atoms in total. The maximum absolute atomic E-state index is 6.27. The van der Waals surface area contributed by atoms with Crippen molar-refractivity contribution in [3.63, 3.8) is 0 Å². The predicted octanol–water partition coefficient (Wildman–Crippen LogP) is 2.43. The Labute approximate surface area is 109 Å². The third-order valence-corrected chi connectivity index (χ3v) is 4.42. The number of thioether (sulfide) groups is 1. The fraction of sp³-hybridized carbons (Fsp3) is 0.571. The van der Waals surface area contributed by atoms with E-state index in [0.29, 0.717) is 0 Å². The van der Waals surface area contributed by atoms with Crippen molar-refractivity contribution in [1.82, 2.24) is 4.90 Å². The average Bonchev–Trinajstić information content (AvgIpc) is 2.29. The van der Waals surface area contributed by atoms with Gasteiger partial charge in [-0.25, -0.2) is 0 Å². The molecule has 2 N–H and O–H groups in total. The first-order chi connectivity index (χ1) is 8.15. The van der Waals surface area contributed by atoms with Crippen molar-refractivity contribution in [2.24, 2.45) is 5.73 Å². The van der Waals surface area contributed by atoms with Crippen molar-refractivity contribution in [2.75, 3.05) is 25.4 Å². The summed E-state index contributed by atoms with van der Waals surface area (Å²) in [5.74, 6) is 1.24. The molecule has 3 heteroatoms.